The molecule has 0 heterocycles. The molecule has 14 heteroatoms. The highest BCUT2D eigenvalue weighted by molar-refractivity contribution is 5.91. The molecule has 0 aromatic rings. The minimum absolute atomic E-state index is 0.145. The van der Waals surface area contributed by atoms with Crippen molar-refractivity contribution in [2.75, 3.05) is 26.4 Å². The average molecular weight is 633 g/mol. The zero-order valence-corrected chi connectivity index (χ0v) is 25.3. The van der Waals surface area contributed by atoms with Crippen LogP contribution < -0.4 is 0 Å². The number of hydrogen-bond acceptors (Lipinski definition) is 12. The van der Waals surface area contributed by atoms with Crippen LogP contribution in [0.5, 0.6) is 0 Å². The van der Waals surface area contributed by atoms with Gasteiger partial charge in [0.25, 0.3) is 0 Å². The summed E-state index contributed by atoms with van der Waals surface area (Å²) in [5, 5.41) is 36.0. The number of carboxylic acid groups (broad SMARTS) is 2. The molecule has 14 nitrogen and oxygen atoms in total. The molecule has 0 bridgehead atoms. The van der Waals surface area contributed by atoms with Crippen LogP contribution in [0.4, 0.5) is 0 Å². The maximum atomic E-state index is 12.0. The van der Waals surface area contributed by atoms with Gasteiger partial charge in [0.2, 0.25) is 0 Å². The Labute approximate surface area is 257 Å². The van der Waals surface area contributed by atoms with Crippen molar-refractivity contribution in [2.24, 2.45) is 0 Å². The predicted molar refractivity (Wildman–Crippen MR) is 154 cm³/mol. The third-order valence-electron chi connectivity index (χ3n) is 6.23. The van der Waals surface area contributed by atoms with E-state index in [1.54, 1.807) is 0 Å². The topological polar surface area (TPSA) is 220 Å². The standard InChI is InChI=1S/C30H48O14/c31-19-23(21-41-27(37)15-11-7-3-1-5-9-13-25(33)34)43-29(39)17-18-30(40)44-24(20-32)22-42-28(38)16-12-8-4-2-6-10-14-26(35)36/h17-18,23-24,31-32H,1-16,19-22H2,(H,33,34)(H,35,36)/b18-17-. The molecule has 252 valence electrons. The minimum atomic E-state index is -1.15. The van der Waals surface area contributed by atoms with Gasteiger partial charge in [-0.2, -0.15) is 0 Å². The number of hydrogen-bond donors (Lipinski definition) is 4. The summed E-state index contributed by atoms with van der Waals surface area (Å²) < 4.78 is 19.9. The van der Waals surface area contributed by atoms with Gasteiger partial charge in [-0.3, -0.25) is 19.2 Å². The van der Waals surface area contributed by atoms with Gasteiger partial charge in [0.15, 0.2) is 12.2 Å². The van der Waals surface area contributed by atoms with E-state index < -0.39 is 61.2 Å². The molecule has 44 heavy (non-hydrogen) atoms. The van der Waals surface area contributed by atoms with E-state index in [9.17, 15) is 39.0 Å². The van der Waals surface area contributed by atoms with Crippen molar-refractivity contribution in [1.82, 2.24) is 0 Å². The molecule has 0 spiro atoms. The number of carbonyl (C=O) groups excluding carboxylic acids is 4. The quantitative estimate of drug-likeness (QED) is 0.0422. The van der Waals surface area contributed by atoms with Crippen LogP contribution in [0.1, 0.15) is 103 Å². The van der Waals surface area contributed by atoms with Crippen LogP contribution in [-0.4, -0.2) is 94.9 Å². The summed E-state index contributed by atoms with van der Waals surface area (Å²) in [6.07, 6.45) is 8.85. The highest BCUT2D eigenvalue weighted by atomic mass is 16.6. The van der Waals surface area contributed by atoms with Crippen molar-refractivity contribution in [1.29, 1.82) is 0 Å². The number of aliphatic hydroxyl groups excluding tert-OH is 2. The van der Waals surface area contributed by atoms with Gasteiger partial charge in [-0.15, -0.1) is 0 Å². The van der Waals surface area contributed by atoms with Gasteiger partial charge >= 0.3 is 35.8 Å². The smallest absolute Gasteiger partial charge is 0.331 e. The summed E-state index contributed by atoms with van der Waals surface area (Å²) in [6, 6.07) is 0. The molecule has 2 unspecified atom stereocenters. The number of aliphatic hydroxyl groups is 2. The second kappa shape index (κ2) is 27.1. The fourth-order valence-electron chi connectivity index (χ4n) is 3.81. The van der Waals surface area contributed by atoms with Crippen LogP contribution in [0.25, 0.3) is 0 Å². The van der Waals surface area contributed by atoms with Gasteiger partial charge < -0.3 is 39.4 Å². The van der Waals surface area contributed by atoms with Crippen molar-refractivity contribution >= 4 is 35.8 Å². The number of ether oxygens (including phenoxy) is 4. The number of carbonyl (C=O) groups is 6. The van der Waals surface area contributed by atoms with Gasteiger partial charge in [-0.05, 0) is 25.7 Å². The van der Waals surface area contributed by atoms with Crippen LogP contribution in [0.3, 0.4) is 0 Å². The Bertz CT molecular complexity index is 815. The zero-order chi connectivity index (χ0) is 33.0. The Balaban J connectivity index is 4.12. The lowest BCUT2D eigenvalue weighted by Crippen LogP contribution is -2.29. The van der Waals surface area contributed by atoms with Crippen molar-refractivity contribution in [3.05, 3.63) is 12.2 Å². The first-order valence-electron chi connectivity index (χ1n) is 15.1. The number of aliphatic carboxylic acids is 2. The molecule has 0 aliphatic carbocycles. The Hall–Kier alpha value is -3.52. The van der Waals surface area contributed by atoms with E-state index in [-0.39, 0.29) is 38.9 Å². The average Bonchev–Trinajstić information content (AvgIpc) is 2.98. The first kappa shape index (κ1) is 40.5. The zero-order valence-electron chi connectivity index (χ0n) is 25.3. The fraction of sp³-hybridized carbons (Fsp3) is 0.733. The molecule has 0 amide bonds. The molecule has 0 aliphatic heterocycles. The van der Waals surface area contributed by atoms with Gasteiger partial charge in [0.1, 0.15) is 13.2 Å². The monoisotopic (exact) mass is 632 g/mol. The van der Waals surface area contributed by atoms with Gasteiger partial charge in [0, 0.05) is 37.8 Å². The Morgan fingerprint density at radius 2 is 0.773 bits per heavy atom. The molecule has 2 atom stereocenters. The molecule has 0 rings (SSSR count). The molecule has 0 saturated carbocycles. The maximum Gasteiger partial charge on any atom is 0.331 e. The summed E-state index contributed by atoms with van der Waals surface area (Å²) in [5.41, 5.74) is 0. The van der Waals surface area contributed by atoms with Crippen LogP contribution >= 0.6 is 0 Å². The van der Waals surface area contributed by atoms with Gasteiger partial charge in [0.05, 0.1) is 13.2 Å². The molecule has 0 fully saturated rings. The Morgan fingerprint density at radius 3 is 1.07 bits per heavy atom. The van der Waals surface area contributed by atoms with E-state index >= 15 is 0 Å². The Kier molecular flexibility index (Phi) is 24.9. The van der Waals surface area contributed by atoms with Crippen LogP contribution in [0.2, 0.25) is 0 Å². The minimum Gasteiger partial charge on any atom is -0.481 e. The molecule has 4 N–H and O–H groups in total. The van der Waals surface area contributed by atoms with Crippen LogP contribution in [-0.2, 0) is 47.7 Å². The first-order valence-corrected chi connectivity index (χ1v) is 15.1. The highest BCUT2D eigenvalue weighted by Gasteiger charge is 2.17. The summed E-state index contributed by atoms with van der Waals surface area (Å²) in [7, 11) is 0. The number of carboxylic acids is 2. The summed E-state index contributed by atoms with van der Waals surface area (Å²) >= 11 is 0. The molecular weight excluding hydrogens is 584 g/mol. The van der Waals surface area contributed by atoms with E-state index in [1.165, 1.54) is 0 Å². The van der Waals surface area contributed by atoms with E-state index in [1.807, 2.05) is 0 Å². The number of rotatable bonds is 28. The molecule has 0 aromatic carbocycles. The molecular formula is C30H48O14. The van der Waals surface area contributed by atoms with E-state index in [4.69, 9.17) is 29.2 Å². The van der Waals surface area contributed by atoms with Crippen molar-refractivity contribution in [3.63, 3.8) is 0 Å². The fourth-order valence-corrected chi connectivity index (χ4v) is 3.81. The van der Waals surface area contributed by atoms with Gasteiger partial charge in [-0.1, -0.05) is 51.4 Å². The maximum absolute atomic E-state index is 12.0. The van der Waals surface area contributed by atoms with Crippen LogP contribution in [0, 0.1) is 0 Å². The SMILES string of the molecule is O=C(O)CCCCCCCCC(=O)OCC(CO)OC(=O)/C=C\C(=O)OC(CO)COC(=O)CCCCCCCCC(=O)O. The first-order chi connectivity index (χ1) is 21.1. The molecule has 0 aliphatic rings. The molecule has 0 radical (unpaired) electrons. The van der Waals surface area contributed by atoms with Crippen molar-refractivity contribution in [3.8, 4) is 0 Å². The summed E-state index contributed by atoms with van der Waals surface area (Å²) in [5.74, 6) is -4.69. The summed E-state index contributed by atoms with van der Waals surface area (Å²) in [6.45, 7) is -2.00. The number of esters is 4. The third-order valence-corrected chi connectivity index (χ3v) is 6.23. The lowest BCUT2D eigenvalue weighted by Gasteiger charge is -2.15. The van der Waals surface area contributed by atoms with Crippen LogP contribution in [0.15, 0.2) is 12.2 Å². The van der Waals surface area contributed by atoms with Gasteiger partial charge in [-0.25, -0.2) is 9.59 Å². The lowest BCUT2D eigenvalue weighted by atomic mass is 10.1. The Morgan fingerprint density at radius 1 is 0.477 bits per heavy atom. The number of unbranched alkanes of at least 4 members (excludes halogenated alkanes) is 10. The predicted octanol–water partition coefficient (Wildman–Crippen LogP) is 2.85. The van der Waals surface area contributed by atoms with E-state index in [0.29, 0.717) is 25.7 Å². The third kappa shape index (κ3) is 26.1. The second-order valence-electron chi connectivity index (χ2n) is 10.2. The van der Waals surface area contributed by atoms with E-state index in [2.05, 4.69) is 0 Å². The van der Waals surface area contributed by atoms with Crippen molar-refractivity contribution in [2.45, 2.75) is 115 Å². The lowest BCUT2D eigenvalue weighted by molar-refractivity contribution is -0.158. The highest BCUT2D eigenvalue weighted by Crippen LogP contribution is 2.11. The largest absolute Gasteiger partial charge is 0.481 e. The summed E-state index contributed by atoms with van der Waals surface area (Å²) in [4.78, 5) is 68.6. The van der Waals surface area contributed by atoms with E-state index in [0.717, 1.165) is 63.5 Å². The normalized spacial score (nSPS) is 12.3. The van der Waals surface area contributed by atoms with Crippen molar-refractivity contribution < 1.29 is 68.1 Å². The molecule has 0 saturated heterocycles. The second-order valence-corrected chi connectivity index (χ2v) is 10.2. The molecule has 0 aromatic heterocycles.